The summed E-state index contributed by atoms with van der Waals surface area (Å²) in [4.78, 5) is 15.7. The first-order valence-corrected chi connectivity index (χ1v) is 7.59. The molecule has 1 amide bonds. The van der Waals surface area contributed by atoms with Crippen molar-refractivity contribution in [2.75, 3.05) is 13.1 Å². The number of nitrogens with one attached hydrogen (secondary N) is 2. The van der Waals surface area contributed by atoms with Crippen molar-refractivity contribution < 1.29 is 9.32 Å². The van der Waals surface area contributed by atoms with Crippen LogP contribution in [0.5, 0.6) is 0 Å². The summed E-state index contributed by atoms with van der Waals surface area (Å²) in [5, 5.41) is 10.1. The minimum Gasteiger partial charge on any atom is -0.353 e. The molecule has 0 aromatic carbocycles. The molecule has 20 heavy (non-hydrogen) atoms. The largest absolute Gasteiger partial charge is 0.353 e. The van der Waals surface area contributed by atoms with Crippen LogP contribution >= 0.6 is 0 Å². The molecule has 110 valence electrons. The van der Waals surface area contributed by atoms with Crippen LogP contribution in [-0.4, -0.2) is 29.1 Å². The van der Waals surface area contributed by atoms with Crippen molar-refractivity contribution in [1.82, 2.24) is 20.8 Å². The third-order valence-corrected chi connectivity index (χ3v) is 4.56. The number of amides is 1. The van der Waals surface area contributed by atoms with Crippen molar-refractivity contribution in [2.24, 2.45) is 5.92 Å². The van der Waals surface area contributed by atoms with Gasteiger partial charge in [0.2, 0.25) is 11.8 Å². The van der Waals surface area contributed by atoms with E-state index < -0.39 is 0 Å². The lowest BCUT2D eigenvalue weighted by Crippen LogP contribution is -2.47. The first-order valence-electron chi connectivity index (χ1n) is 7.59. The summed E-state index contributed by atoms with van der Waals surface area (Å²) >= 11 is 0. The van der Waals surface area contributed by atoms with Crippen molar-refractivity contribution in [2.45, 2.75) is 51.0 Å². The van der Waals surface area contributed by atoms with Crippen LogP contribution in [0.15, 0.2) is 4.52 Å². The first-order chi connectivity index (χ1) is 9.76. The number of piperazine rings is 1. The second-order valence-electron chi connectivity index (χ2n) is 5.85. The minimum absolute atomic E-state index is 0.0128. The fourth-order valence-corrected chi connectivity index (χ4v) is 3.12. The highest BCUT2D eigenvalue weighted by Gasteiger charge is 2.28. The van der Waals surface area contributed by atoms with Crippen molar-refractivity contribution in [3.8, 4) is 0 Å². The van der Waals surface area contributed by atoms with Crippen molar-refractivity contribution >= 4 is 5.91 Å². The third-order valence-electron chi connectivity index (χ3n) is 4.56. The van der Waals surface area contributed by atoms with E-state index >= 15 is 0 Å². The summed E-state index contributed by atoms with van der Waals surface area (Å²) in [5.74, 6) is 2.76. The van der Waals surface area contributed by atoms with E-state index in [0.717, 1.165) is 24.6 Å². The van der Waals surface area contributed by atoms with Crippen LogP contribution in [0.25, 0.3) is 0 Å². The zero-order chi connectivity index (χ0) is 13.9. The Hall–Kier alpha value is -1.43. The summed E-state index contributed by atoms with van der Waals surface area (Å²) < 4.78 is 5.37. The zero-order valence-electron chi connectivity index (χ0n) is 11.9. The number of aromatic nitrogens is 2. The fourth-order valence-electron chi connectivity index (χ4n) is 3.12. The van der Waals surface area contributed by atoms with Crippen LogP contribution < -0.4 is 10.6 Å². The van der Waals surface area contributed by atoms with Gasteiger partial charge in [-0.3, -0.25) is 10.1 Å². The maximum absolute atomic E-state index is 11.1. The maximum atomic E-state index is 11.1. The molecule has 1 unspecified atom stereocenters. The Labute approximate surface area is 118 Å². The summed E-state index contributed by atoms with van der Waals surface area (Å²) in [5.41, 5.74) is 0. The first kappa shape index (κ1) is 13.5. The smallest absolute Gasteiger partial charge is 0.245 e. The van der Waals surface area contributed by atoms with Crippen molar-refractivity contribution in [3.05, 3.63) is 11.7 Å². The molecule has 2 heterocycles. The lowest BCUT2D eigenvalue weighted by atomic mass is 9.80. The highest BCUT2D eigenvalue weighted by Crippen LogP contribution is 2.35. The van der Waals surface area contributed by atoms with E-state index in [4.69, 9.17) is 4.52 Å². The second kappa shape index (κ2) is 5.91. The Kier molecular flexibility index (Phi) is 4.00. The Bertz CT molecular complexity index is 455. The van der Waals surface area contributed by atoms with Gasteiger partial charge in [0, 0.05) is 12.5 Å². The number of rotatable bonds is 3. The highest BCUT2D eigenvalue weighted by molar-refractivity contribution is 5.78. The van der Waals surface area contributed by atoms with Crippen LogP contribution in [0.2, 0.25) is 0 Å². The van der Waals surface area contributed by atoms with Gasteiger partial charge in [-0.25, -0.2) is 0 Å². The number of carbonyl (C=O) groups excluding carboxylic acids is 1. The minimum atomic E-state index is -0.0547. The van der Waals surface area contributed by atoms with Gasteiger partial charge in [0.1, 0.15) is 6.04 Å². The number of nitrogens with zero attached hydrogens (tertiary/aromatic N) is 2. The van der Waals surface area contributed by atoms with E-state index in [-0.39, 0.29) is 11.9 Å². The SMILES string of the molecule is CCC1CCC(c2noc(C3CNC(=O)CN3)n2)CC1. The Morgan fingerprint density at radius 3 is 2.75 bits per heavy atom. The average Bonchev–Trinajstić information content (AvgIpc) is 2.98. The number of hydrogen-bond acceptors (Lipinski definition) is 5. The fraction of sp³-hybridized carbons (Fsp3) is 0.786. The van der Waals surface area contributed by atoms with E-state index in [1.807, 2.05) is 0 Å². The van der Waals surface area contributed by atoms with Gasteiger partial charge in [-0.2, -0.15) is 4.98 Å². The monoisotopic (exact) mass is 278 g/mol. The van der Waals surface area contributed by atoms with Gasteiger partial charge in [0.05, 0.1) is 6.54 Å². The number of hydrogen-bond donors (Lipinski definition) is 2. The van der Waals surface area contributed by atoms with Gasteiger partial charge in [0.15, 0.2) is 5.82 Å². The molecule has 1 aromatic heterocycles. The molecule has 1 aliphatic carbocycles. The quantitative estimate of drug-likeness (QED) is 0.876. The molecule has 6 nitrogen and oxygen atoms in total. The molecule has 2 N–H and O–H groups in total. The molecule has 0 spiro atoms. The Morgan fingerprint density at radius 2 is 2.10 bits per heavy atom. The molecule has 1 atom stereocenters. The molecule has 0 radical (unpaired) electrons. The summed E-state index contributed by atoms with van der Waals surface area (Å²) in [7, 11) is 0. The lowest BCUT2D eigenvalue weighted by molar-refractivity contribution is -0.121. The van der Waals surface area contributed by atoms with Gasteiger partial charge in [-0.1, -0.05) is 18.5 Å². The van der Waals surface area contributed by atoms with Crippen LogP contribution in [0.4, 0.5) is 0 Å². The highest BCUT2D eigenvalue weighted by atomic mass is 16.5. The average molecular weight is 278 g/mol. The summed E-state index contributed by atoms with van der Waals surface area (Å²) in [6.45, 7) is 3.09. The van der Waals surface area contributed by atoms with Gasteiger partial charge in [-0.15, -0.1) is 0 Å². The standard InChI is InChI=1S/C14H22N4O2/c1-2-9-3-5-10(6-4-9)13-17-14(20-18-13)11-7-16-12(19)8-15-11/h9-11,15H,2-8H2,1H3,(H,16,19). The molecule has 2 aliphatic rings. The molecular formula is C14H22N4O2. The molecule has 3 rings (SSSR count). The van der Waals surface area contributed by atoms with Crippen LogP contribution in [-0.2, 0) is 4.79 Å². The van der Waals surface area contributed by atoms with Gasteiger partial charge in [-0.05, 0) is 31.6 Å². The molecule has 1 aliphatic heterocycles. The molecular weight excluding hydrogens is 256 g/mol. The molecule has 6 heteroatoms. The third kappa shape index (κ3) is 2.85. The van der Waals surface area contributed by atoms with E-state index in [1.165, 1.54) is 19.3 Å². The molecule has 1 saturated carbocycles. The molecule has 0 bridgehead atoms. The normalized spacial score (nSPS) is 31.1. The van der Waals surface area contributed by atoms with E-state index in [1.54, 1.807) is 0 Å². The van der Waals surface area contributed by atoms with Gasteiger partial charge >= 0.3 is 0 Å². The zero-order valence-corrected chi connectivity index (χ0v) is 11.9. The van der Waals surface area contributed by atoms with Crippen molar-refractivity contribution in [1.29, 1.82) is 0 Å². The predicted octanol–water partition coefficient (Wildman–Crippen LogP) is 1.51. The Morgan fingerprint density at radius 1 is 1.30 bits per heavy atom. The van der Waals surface area contributed by atoms with Crippen molar-refractivity contribution in [3.63, 3.8) is 0 Å². The van der Waals surface area contributed by atoms with Gasteiger partial charge < -0.3 is 9.84 Å². The van der Waals surface area contributed by atoms with Crippen LogP contribution in [0.3, 0.4) is 0 Å². The van der Waals surface area contributed by atoms with Crippen LogP contribution in [0.1, 0.15) is 62.7 Å². The van der Waals surface area contributed by atoms with E-state index in [2.05, 4.69) is 27.7 Å². The lowest BCUT2D eigenvalue weighted by Gasteiger charge is -2.25. The number of carbonyl (C=O) groups is 1. The molecule has 1 saturated heterocycles. The summed E-state index contributed by atoms with van der Waals surface area (Å²) in [6.07, 6.45) is 6.13. The summed E-state index contributed by atoms with van der Waals surface area (Å²) in [6, 6.07) is -0.0547. The molecule has 2 fully saturated rings. The van der Waals surface area contributed by atoms with E-state index in [9.17, 15) is 4.79 Å². The predicted molar refractivity (Wildman–Crippen MR) is 73.0 cm³/mol. The van der Waals surface area contributed by atoms with E-state index in [0.29, 0.717) is 24.9 Å². The maximum Gasteiger partial charge on any atom is 0.245 e. The van der Waals surface area contributed by atoms with Gasteiger partial charge in [0.25, 0.3) is 0 Å². The Balaban J connectivity index is 1.61. The van der Waals surface area contributed by atoms with Crippen LogP contribution in [0, 0.1) is 5.92 Å². The molecule has 1 aromatic rings. The second-order valence-corrected chi connectivity index (χ2v) is 5.85. The topological polar surface area (TPSA) is 80.0 Å².